The Morgan fingerprint density at radius 2 is 2.19 bits per heavy atom. The molecule has 1 atom stereocenters. The molecule has 0 fully saturated rings. The van der Waals surface area contributed by atoms with E-state index < -0.39 is 6.04 Å². The van der Waals surface area contributed by atoms with Crippen molar-refractivity contribution in [3.8, 4) is 0 Å². The van der Waals surface area contributed by atoms with Crippen LogP contribution in [0.25, 0.3) is 10.9 Å². The molecule has 0 saturated carbocycles. The first-order chi connectivity index (χ1) is 10.1. The molecule has 21 heavy (non-hydrogen) atoms. The van der Waals surface area contributed by atoms with Crippen molar-refractivity contribution < 1.29 is 9.53 Å². The molecule has 1 heterocycles. The van der Waals surface area contributed by atoms with Crippen molar-refractivity contribution >= 4 is 16.8 Å². The molecule has 1 amide bonds. The number of fused-ring (bicyclic) bond motifs is 1. The van der Waals surface area contributed by atoms with Crippen molar-refractivity contribution in [1.82, 2.24) is 9.88 Å². The topological polar surface area (TPSA) is 71.3 Å². The number of ether oxygens (including phenoxy) is 1. The molecular weight excluding hydrogens is 266 g/mol. The van der Waals surface area contributed by atoms with Crippen molar-refractivity contribution in [3.05, 3.63) is 36.0 Å². The van der Waals surface area contributed by atoms with Crippen LogP contribution in [0.4, 0.5) is 0 Å². The van der Waals surface area contributed by atoms with E-state index in [9.17, 15) is 4.79 Å². The third kappa shape index (κ3) is 3.83. The molecule has 0 aliphatic carbocycles. The van der Waals surface area contributed by atoms with Crippen LogP contribution in [0.15, 0.2) is 30.5 Å². The molecular formula is C16H23N3O2. The van der Waals surface area contributed by atoms with E-state index in [1.807, 2.05) is 30.5 Å². The van der Waals surface area contributed by atoms with E-state index in [-0.39, 0.29) is 5.91 Å². The highest BCUT2D eigenvalue weighted by atomic mass is 16.5. The van der Waals surface area contributed by atoms with Gasteiger partial charge >= 0.3 is 0 Å². The van der Waals surface area contributed by atoms with Gasteiger partial charge < -0.3 is 20.4 Å². The molecule has 2 aromatic rings. The smallest absolute Gasteiger partial charge is 0.239 e. The highest BCUT2D eigenvalue weighted by molar-refractivity contribution is 5.86. The number of nitrogens with two attached hydrogens (primary N) is 1. The first kappa shape index (κ1) is 15.5. The largest absolute Gasteiger partial charge is 0.385 e. The van der Waals surface area contributed by atoms with E-state index in [4.69, 9.17) is 10.5 Å². The number of aromatic amines is 1. The third-order valence-corrected chi connectivity index (χ3v) is 3.65. The molecule has 0 spiro atoms. The summed E-state index contributed by atoms with van der Waals surface area (Å²) < 4.78 is 4.99. The van der Waals surface area contributed by atoms with Crippen LogP contribution in [0.5, 0.6) is 0 Å². The predicted molar refractivity (Wildman–Crippen MR) is 84.1 cm³/mol. The summed E-state index contributed by atoms with van der Waals surface area (Å²) in [4.78, 5) is 17.1. The summed E-state index contributed by atoms with van der Waals surface area (Å²) in [7, 11) is 3.44. The average Bonchev–Trinajstić information content (AvgIpc) is 2.90. The summed E-state index contributed by atoms with van der Waals surface area (Å²) in [5.74, 6) is -0.0311. The van der Waals surface area contributed by atoms with Crippen LogP contribution in [0, 0.1) is 0 Å². The molecule has 114 valence electrons. The maximum absolute atomic E-state index is 12.2. The van der Waals surface area contributed by atoms with Gasteiger partial charge in [0.2, 0.25) is 5.91 Å². The first-order valence-electron chi connectivity index (χ1n) is 7.18. The van der Waals surface area contributed by atoms with Gasteiger partial charge in [-0.05, 0) is 24.5 Å². The summed E-state index contributed by atoms with van der Waals surface area (Å²) in [5.41, 5.74) is 8.22. The Morgan fingerprint density at radius 1 is 1.43 bits per heavy atom. The minimum atomic E-state index is -0.517. The van der Waals surface area contributed by atoms with Gasteiger partial charge in [-0.3, -0.25) is 4.79 Å². The summed E-state index contributed by atoms with van der Waals surface area (Å²) in [6.07, 6.45) is 3.29. The number of para-hydroxylation sites is 1. The second-order valence-electron chi connectivity index (χ2n) is 5.28. The van der Waals surface area contributed by atoms with E-state index in [0.717, 1.165) is 22.9 Å². The third-order valence-electron chi connectivity index (χ3n) is 3.65. The van der Waals surface area contributed by atoms with Gasteiger partial charge in [-0.15, -0.1) is 0 Å². The Balaban J connectivity index is 1.97. The van der Waals surface area contributed by atoms with Crippen LogP contribution in [0.2, 0.25) is 0 Å². The molecule has 5 nitrogen and oxygen atoms in total. The van der Waals surface area contributed by atoms with Gasteiger partial charge in [0.25, 0.3) is 0 Å². The summed E-state index contributed by atoms with van der Waals surface area (Å²) >= 11 is 0. The lowest BCUT2D eigenvalue weighted by Gasteiger charge is -2.21. The number of H-pyrrole nitrogens is 1. The Morgan fingerprint density at radius 3 is 2.95 bits per heavy atom. The Kier molecular flexibility index (Phi) is 5.36. The Labute approximate surface area is 125 Å². The van der Waals surface area contributed by atoms with Crippen molar-refractivity contribution in [1.29, 1.82) is 0 Å². The molecule has 0 saturated heterocycles. The first-order valence-corrected chi connectivity index (χ1v) is 7.18. The van der Waals surface area contributed by atoms with Gasteiger partial charge in [0.05, 0.1) is 6.04 Å². The zero-order valence-electron chi connectivity index (χ0n) is 12.6. The Bertz CT molecular complexity index is 594. The number of hydrogen-bond donors (Lipinski definition) is 2. The SMILES string of the molecule is COCCCN(C)C(=O)[C@@H](N)Cc1c[nH]c2ccccc12. The highest BCUT2D eigenvalue weighted by Crippen LogP contribution is 2.19. The standard InChI is InChI=1S/C16H23N3O2/c1-19(8-5-9-21-2)16(20)14(17)10-12-11-18-15-7-4-3-6-13(12)15/h3-4,6-7,11,14,18H,5,8-10,17H2,1-2H3/t14-/m0/s1. The zero-order valence-corrected chi connectivity index (χ0v) is 12.6. The maximum atomic E-state index is 12.2. The second kappa shape index (κ2) is 7.24. The number of nitrogens with one attached hydrogen (secondary N) is 1. The number of benzene rings is 1. The van der Waals surface area contributed by atoms with Gasteiger partial charge in [0, 0.05) is 44.4 Å². The number of methoxy groups -OCH3 is 1. The molecule has 2 rings (SSSR count). The maximum Gasteiger partial charge on any atom is 0.239 e. The number of carbonyl (C=O) groups excluding carboxylic acids is 1. The van der Waals surface area contributed by atoms with Gasteiger partial charge in [0.1, 0.15) is 0 Å². The van der Waals surface area contributed by atoms with Crippen LogP contribution in [-0.2, 0) is 16.0 Å². The number of amides is 1. The minimum absolute atomic E-state index is 0.0311. The molecule has 0 unspecified atom stereocenters. The van der Waals surface area contributed by atoms with Crippen molar-refractivity contribution in [3.63, 3.8) is 0 Å². The van der Waals surface area contributed by atoms with E-state index in [0.29, 0.717) is 19.6 Å². The molecule has 0 radical (unpaired) electrons. The number of rotatable bonds is 7. The number of carbonyl (C=O) groups is 1. The fourth-order valence-electron chi connectivity index (χ4n) is 2.46. The average molecular weight is 289 g/mol. The molecule has 0 bridgehead atoms. The fourth-order valence-corrected chi connectivity index (χ4v) is 2.46. The lowest BCUT2D eigenvalue weighted by Crippen LogP contribution is -2.43. The van der Waals surface area contributed by atoms with E-state index in [2.05, 4.69) is 4.98 Å². The predicted octanol–water partition coefficient (Wildman–Crippen LogP) is 1.53. The van der Waals surface area contributed by atoms with Crippen LogP contribution in [0.1, 0.15) is 12.0 Å². The normalized spacial score (nSPS) is 12.5. The van der Waals surface area contributed by atoms with Crippen molar-refractivity contribution in [2.24, 2.45) is 5.73 Å². The van der Waals surface area contributed by atoms with Gasteiger partial charge in [-0.25, -0.2) is 0 Å². The number of aromatic nitrogens is 1. The summed E-state index contributed by atoms with van der Waals surface area (Å²) in [5, 5.41) is 1.13. The molecule has 1 aromatic heterocycles. The Hall–Kier alpha value is -1.85. The van der Waals surface area contributed by atoms with Crippen LogP contribution in [0.3, 0.4) is 0 Å². The molecule has 0 aliphatic heterocycles. The second-order valence-corrected chi connectivity index (χ2v) is 5.28. The van der Waals surface area contributed by atoms with Gasteiger partial charge in [-0.2, -0.15) is 0 Å². The fraction of sp³-hybridized carbons (Fsp3) is 0.438. The van der Waals surface area contributed by atoms with Gasteiger partial charge in [0.15, 0.2) is 0 Å². The molecule has 1 aromatic carbocycles. The van der Waals surface area contributed by atoms with Crippen molar-refractivity contribution in [2.45, 2.75) is 18.9 Å². The zero-order chi connectivity index (χ0) is 15.2. The lowest BCUT2D eigenvalue weighted by molar-refractivity contribution is -0.131. The van der Waals surface area contributed by atoms with E-state index in [1.54, 1.807) is 19.1 Å². The van der Waals surface area contributed by atoms with Crippen LogP contribution < -0.4 is 5.73 Å². The van der Waals surface area contributed by atoms with E-state index >= 15 is 0 Å². The minimum Gasteiger partial charge on any atom is -0.385 e. The van der Waals surface area contributed by atoms with Gasteiger partial charge in [-0.1, -0.05) is 18.2 Å². The highest BCUT2D eigenvalue weighted by Gasteiger charge is 2.19. The number of likely N-dealkylation sites (N-methyl/N-ethyl adjacent to an activating group) is 1. The van der Waals surface area contributed by atoms with Crippen molar-refractivity contribution in [2.75, 3.05) is 27.3 Å². The number of hydrogen-bond acceptors (Lipinski definition) is 3. The molecule has 3 N–H and O–H groups in total. The summed E-state index contributed by atoms with van der Waals surface area (Å²) in [6, 6.07) is 7.52. The summed E-state index contributed by atoms with van der Waals surface area (Å²) in [6.45, 7) is 1.31. The van der Waals surface area contributed by atoms with Crippen LogP contribution >= 0.6 is 0 Å². The number of nitrogens with zero attached hydrogens (tertiary/aromatic N) is 1. The molecule has 0 aliphatic rings. The lowest BCUT2D eigenvalue weighted by atomic mass is 10.0. The van der Waals surface area contributed by atoms with E-state index in [1.165, 1.54) is 0 Å². The monoisotopic (exact) mass is 289 g/mol. The molecule has 5 heteroatoms. The van der Waals surface area contributed by atoms with Crippen LogP contribution in [-0.4, -0.2) is 49.1 Å². The quantitative estimate of drug-likeness (QED) is 0.759.